The molecule has 0 amide bonds. The number of aromatic nitrogens is 1. The first kappa shape index (κ1) is 13.9. The third-order valence-corrected chi connectivity index (χ3v) is 4.46. The second-order valence-electron chi connectivity index (χ2n) is 5.83. The van der Waals surface area contributed by atoms with Crippen LogP contribution in [0, 0.1) is 11.3 Å². The maximum atomic E-state index is 11.6. The van der Waals surface area contributed by atoms with Gasteiger partial charge in [0, 0.05) is 12.2 Å². The molecule has 5 nitrogen and oxygen atoms in total. The van der Waals surface area contributed by atoms with E-state index in [1.807, 2.05) is 11.0 Å². The van der Waals surface area contributed by atoms with E-state index in [1.54, 1.807) is 0 Å². The molecule has 1 atom stereocenters. The van der Waals surface area contributed by atoms with E-state index in [0.29, 0.717) is 24.3 Å². The summed E-state index contributed by atoms with van der Waals surface area (Å²) in [5.41, 5.74) is 2.71. The van der Waals surface area contributed by atoms with Crippen LogP contribution in [0.4, 0.5) is 5.82 Å². The summed E-state index contributed by atoms with van der Waals surface area (Å²) >= 11 is 0. The molecule has 0 bridgehead atoms. The number of fused-ring (bicyclic) bond motifs is 1. The topological polar surface area (TPSA) is 77.2 Å². The summed E-state index contributed by atoms with van der Waals surface area (Å²) in [4.78, 5) is 18.1. The van der Waals surface area contributed by atoms with Crippen molar-refractivity contribution in [3.8, 4) is 6.07 Å². The van der Waals surface area contributed by atoms with Gasteiger partial charge in [0.25, 0.3) is 0 Å². The molecule has 2 heterocycles. The molecule has 0 spiro atoms. The van der Waals surface area contributed by atoms with Crippen molar-refractivity contribution in [3.05, 3.63) is 22.9 Å². The highest BCUT2D eigenvalue weighted by Gasteiger charge is 2.30. The van der Waals surface area contributed by atoms with E-state index in [4.69, 9.17) is 0 Å². The Morgan fingerprint density at radius 3 is 2.95 bits per heavy atom. The molecule has 0 radical (unpaired) electrons. The molecule has 1 aromatic rings. The molecule has 1 saturated heterocycles. The molecular formula is C16H19N3O2. The minimum absolute atomic E-state index is 0.517. The Hall–Kier alpha value is -2.09. The van der Waals surface area contributed by atoms with Gasteiger partial charge in [0.15, 0.2) is 0 Å². The first-order valence-corrected chi connectivity index (χ1v) is 7.63. The van der Waals surface area contributed by atoms with Crippen LogP contribution in [0.5, 0.6) is 0 Å². The molecule has 0 saturated carbocycles. The van der Waals surface area contributed by atoms with Crippen LogP contribution in [0.3, 0.4) is 0 Å². The number of hydrogen-bond donors (Lipinski definition) is 1. The summed E-state index contributed by atoms with van der Waals surface area (Å²) in [6.07, 6.45) is 6.50. The first-order chi connectivity index (χ1) is 10.2. The molecule has 21 heavy (non-hydrogen) atoms. The Labute approximate surface area is 124 Å². The predicted molar refractivity (Wildman–Crippen MR) is 78.2 cm³/mol. The maximum Gasteiger partial charge on any atom is 0.326 e. The van der Waals surface area contributed by atoms with Crippen molar-refractivity contribution in [2.45, 2.75) is 51.0 Å². The van der Waals surface area contributed by atoms with Crippen molar-refractivity contribution < 1.29 is 9.90 Å². The van der Waals surface area contributed by atoms with E-state index >= 15 is 0 Å². The molecule has 1 unspecified atom stereocenters. The zero-order valence-corrected chi connectivity index (χ0v) is 12.0. The Kier molecular flexibility index (Phi) is 3.78. The molecule has 5 heteroatoms. The van der Waals surface area contributed by atoms with Crippen LogP contribution in [0.1, 0.15) is 48.9 Å². The second-order valence-corrected chi connectivity index (χ2v) is 5.83. The minimum Gasteiger partial charge on any atom is -0.480 e. The lowest BCUT2D eigenvalue weighted by Crippen LogP contribution is -2.42. The number of carboxylic acids is 1. The highest BCUT2D eigenvalue weighted by molar-refractivity contribution is 5.78. The van der Waals surface area contributed by atoms with Crippen LogP contribution in [-0.2, 0) is 17.6 Å². The fraction of sp³-hybridized carbons (Fsp3) is 0.562. The van der Waals surface area contributed by atoms with E-state index in [-0.39, 0.29) is 0 Å². The van der Waals surface area contributed by atoms with Gasteiger partial charge in [-0.15, -0.1) is 0 Å². The molecular weight excluding hydrogens is 266 g/mol. The van der Waals surface area contributed by atoms with E-state index < -0.39 is 12.0 Å². The van der Waals surface area contributed by atoms with Gasteiger partial charge in [-0.1, -0.05) is 12.8 Å². The van der Waals surface area contributed by atoms with E-state index in [0.717, 1.165) is 49.8 Å². The predicted octanol–water partition coefficient (Wildman–Crippen LogP) is 2.28. The van der Waals surface area contributed by atoms with Gasteiger partial charge in [0.05, 0.1) is 5.56 Å². The summed E-state index contributed by atoms with van der Waals surface area (Å²) in [6.45, 7) is 0.664. The van der Waals surface area contributed by atoms with Crippen LogP contribution in [0.2, 0.25) is 0 Å². The highest BCUT2D eigenvalue weighted by Crippen LogP contribution is 2.30. The van der Waals surface area contributed by atoms with Crippen molar-refractivity contribution in [1.82, 2.24) is 4.98 Å². The summed E-state index contributed by atoms with van der Waals surface area (Å²) in [5.74, 6) is -0.240. The van der Waals surface area contributed by atoms with Gasteiger partial charge in [0.1, 0.15) is 17.9 Å². The fourth-order valence-corrected chi connectivity index (χ4v) is 3.38. The van der Waals surface area contributed by atoms with Crippen LogP contribution in [-0.4, -0.2) is 28.6 Å². The van der Waals surface area contributed by atoms with Gasteiger partial charge in [-0.3, -0.25) is 0 Å². The van der Waals surface area contributed by atoms with E-state index in [1.165, 1.54) is 0 Å². The van der Waals surface area contributed by atoms with Crippen LogP contribution >= 0.6 is 0 Å². The molecule has 1 fully saturated rings. The van der Waals surface area contributed by atoms with Crippen LogP contribution in [0.25, 0.3) is 0 Å². The van der Waals surface area contributed by atoms with Crippen LogP contribution < -0.4 is 4.90 Å². The first-order valence-electron chi connectivity index (χ1n) is 7.63. The van der Waals surface area contributed by atoms with Gasteiger partial charge < -0.3 is 10.0 Å². The number of pyridine rings is 1. The van der Waals surface area contributed by atoms with Gasteiger partial charge in [0.2, 0.25) is 0 Å². The highest BCUT2D eigenvalue weighted by atomic mass is 16.4. The van der Waals surface area contributed by atoms with Crippen molar-refractivity contribution in [1.29, 1.82) is 5.26 Å². The van der Waals surface area contributed by atoms with Gasteiger partial charge in [-0.05, 0) is 43.7 Å². The van der Waals surface area contributed by atoms with Crippen molar-refractivity contribution in [2.75, 3.05) is 11.4 Å². The Morgan fingerprint density at radius 1 is 1.33 bits per heavy atom. The molecule has 110 valence electrons. The average molecular weight is 285 g/mol. The largest absolute Gasteiger partial charge is 0.480 e. The monoisotopic (exact) mass is 285 g/mol. The molecule has 2 aliphatic rings. The minimum atomic E-state index is -0.817. The SMILES string of the molecule is N#Cc1cc2c(nc1N1CCCCCC1C(=O)O)CCC2. The van der Waals surface area contributed by atoms with Crippen LogP contribution in [0.15, 0.2) is 6.07 Å². The molecule has 1 aromatic heterocycles. The van der Waals surface area contributed by atoms with Crippen molar-refractivity contribution in [3.63, 3.8) is 0 Å². The molecule has 0 aromatic carbocycles. The van der Waals surface area contributed by atoms with Gasteiger partial charge in [-0.25, -0.2) is 9.78 Å². The summed E-state index contributed by atoms with van der Waals surface area (Å²) < 4.78 is 0. The number of carboxylic acid groups (broad SMARTS) is 1. The number of nitrogens with zero attached hydrogens (tertiary/aromatic N) is 3. The smallest absolute Gasteiger partial charge is 0.326 e. The second kappa shape index (κ2) is 5.72. The number of aliphatic carboxylic acids is 1. The van der Waals surface area contributed by atoms with E-state index in [2.05, 4.69) is 11.1 Å². The lowest BCUT2D eigenvalue weighted by atomic mass is 10.1. The Bertz CT molecular complexity index is 606. The quantitative estimate of drug-likeness (QED) is 0.902. The van der Waals surface area contributed by atoms with Crippen molar-refractivity contribution in [2.24, 2.45) is 0 Å². The number of aryl methyl sites for hydroxylation is 2. The molecule has 1 N–H and O–H groups in total. The Balaban J connectivity index is 2.04. The maximum absolute atomic E-state index is 11.6. The summed E-state index contributed by atoms with van der Waals surface area (Å²) in [6, 6.07) is 3.55. The van der Waals surface area contributed by atoms with Gasteiger partial charge >= 0.3 is 5.97 Å². The van der Waals surface area contributed by atoms with Gasteiger partial charge in [-0.2, -0.15) is 5.26 Å². The summed E-state index contributed by atoms with van der Waals surface area (Å²) in [7, 11) is 0. The number of rotatable bonds is 2. The Morgan fingerprint density at radius 2 is 2.19 bits per heavy atom. The number of hydrogen-bond acceptors (Lipinski definition) is 4. The molecule has 1 aliphatic carbocycles. The molecule has 1 aliphatic heterocycles. The average Bonchev–Trinajstić information content (AvgIpc) is 2.79. The lowest BCUT2D eigenvalue weighted by Gasteiger charge is -2.29. The number of carbonyl (C=O) groups is 1. The third-order valence-electron chi connectivity index (χ3n) is 4.46. The normalized spacial score (nSPS) is 21.5. The number of nitriles is 1. The fourth-order valence-electron chi connectivity index (χ4n) is 3.38. The van der Waals surface area contributed by atoms with E-state index in [9.17, 15) is 15.2 Å². The zero-order valence-electron chi connectivity index (χ0n) is 12.0. The summed E-state index contributed by atoms with van der Waals surface area (Å²) in [5, 5.41) is 18.9. The number of anilines is 1. The van der Waals surface area contributed by atoms with Crippen molar-refractivity contribution >= 4 is 11.8 Å². The lowest BCUT2D eigenvalue weighted by molar-refractivity contribution is -0.138. The third kappa shape index (κ3) is 2.58. The standard InChI is InChI=1S/C16H19N3O2/c17-10-12-9-11-5-4-6-13(11)18-15(12)19-8-3-1-2-7-14(19)16(20)21/h9,14H,1-8H2,(H,20,21). The molecule has 3 rings (SSSR count). The zero-order chi connectivity index (χ0) is 14.8.